The highest BCUT2D eigenvalue weighted by Crippen LogP contribution is 2.15. The van der Waals surface area contributed by atoms with Crippen molar-refractivity contribution < 1.29 is 14.7 Å². The van der Waals surface area contributed by atoms with Crippen molar-refractivity contribution in [1.29, 1.82) is 0 Å². The van der Waals surface area contributed by atoms with Crippen LogP contribution in [0.5, 0.6) is 0 Å². The van der Waals surface area contributed by atoms with E-state index < -0.39 is 24.6 Å². The van der Waals surface area contributed by atoms with Crippen molar-refractivity contribution in [1.82, 2.24) is 5.32 Å². The van der Waals surface area contributed by atoms with Gasteiger partial charge in [-0.1, -0.05) is 30.5 Å². The average molecular weight is 274 g/mol. The summed E-state index contributed by atoms with van der Waals surface area (Å²) in [6, 6.07) is 6.11. The number of terminal acetylenes is 1. The number of hydrogen-bond acceptors (Lipinski definition) is 2. The maximum Gasteiger partial charge on any atom is 0.323 e. The van der Waals surface area contributed by atoms with Crippen molar-refractivity contribution in [3.05, 3.63) is 29.8 Å². The van der Waals surface area contributed by atoms with Crippen molar-refractivity contribution in [3.63, 3.8) is 0 Å². The van der Waals surface area contributed by atoms with Gasteiger partial charge in [-0.25, -0.2) is 4.79 Å². The Hall–Kier alpha value is -2.48. The van der Waals surface area contributed by atoms with Crippen LogP contribution in [-0.4, -0.2) is 29.7 Å². The van der Waals surface area contributed by atoms with Gasteiger partial charge in [0.2, 0.25) is 0 Å². The third-order valence-electron chi connectivity index (χ3n) is 2.79. The molecule has 0 fully saturated rings. The minimum atomic E-state index is -1.09. The molecule has 1 aromatic rings. The van der Waals surface area contributed by atoms with Crippen molar-refractivity contribution in [2.75, 3.05) is 11.4 Å². The Bertz CT molecular complexity index is 517. The zero-order valence-electron chi connectivity index (χ0n) is 11.6. The second-order valence-corrected chi connectivity index (χ2v) is 4.39. The fourth-order valence-electron chi connectivity index (χ4n) is 1.63. The van der Waals surface area contributed by atoms with Crippen LogP contribution in [0.3, 0.4) is 0 Å². The van der Waals surface area contributed by atoms with Crippen LogP contribution in [0.1, 0.15) is 18.9 Å². The van der Waals surface area contributed by atoms with Gasteiger partial charge in [-0.2, -0.15) is 0 Å². The van der Waals surface area contributed by atoms with Crippen molar-refractivity contribution in [3.8, 4) is 12.3 Å². The number of urea groups is 1. The molecule has 1 unspecified atom stereocenters. The van der Waals surface area contributed by atoms with Gasteiger partial charge in [0.25, 0.3) is 0 Å². The SMILES string of the molecule is C#CC(CC)NC(=O)N(CC(=O)O)c1ccc(C)cc1. The number of hydrogen-bond donors (Lipinski definition) is 2. The molecule has 1 atom stereocenters. The number of nitrogens with zero attached hydrogens (tertiary/aromatic N) is 1. The minimum Gasteiger partial charge on any atom is -0.480 e. The van der Waals surface area contributed by atoms with Gasteiger partial charge < -0.3 is 10.4 Å². The molecule has 5 heteroatoms. The Morgan fingerprint density at radius 3 is 2.45 bits per heavy atom. The standard InChI is InChI=1S/C15H18N2O3/c1-4-12(5-2)16-15(20)17(10-14(18)19)13-8-6-11(3)7-9-13/h1,6-9,12H,5,10H2,2-3H3,(H,16,20)(H,18,19). The van der Waals surface area contributed by atoms with Gasteiger partial charge >= 0.3 is 12.0 Å². The molecule has 0 radical (unpaired) electrons. The number of anilines is 1. The number of carbonyl (C=O) groups excluding carboxylic acids is 1. The quantitative estimate of drug-likeness (QED) is 0.807. The van der Waals surface area contributed by atoms with Crippen LogP contribution in [0.25, 0.3) is 0 Å². The molecule has 106 valence electrons. The van der Waals surface area contributed by atoms with Gasteiger partial charge in [0.05, 0.1) is 6.04 Å². The van der Waals surface area contributed by atoms with Crippen molar-refractivity contribution in [2.24, 2.45) is 0 Å². The van der Waals surface area contributed by atoms with Gasteiger partial charge in [-0.05, 0) is 25.5 Å². The summed E-state index contributed by atoms with van der Waals surface area (Å²) in [5, 5.41) is 11.6. The summed E-state index contributed by atoms with van der Waals surface area (Å²) in [5.41, 5.74) is 1.54. The summed E-state index contributed by atoms with van der Waals surface area (Å²) in [6.07, 6.45) is 5.87. The lowest BCUT2D eigenvalue weighted by Crippen LogP contribution is -2.46. The zero-order valence-corrected chi connectivity index (χ0v) is 11.6. The highest BCUT2D eigenvalue weighted by Gasteiger charge is 2.20. The van der Waals surface area contributed by atoms with Crippen LogP contribution in [0.15, 0.2) is 24.3 Å². The average Bonchev–Trinajstić information content (AvgIpc) is 2.42. The van der Waals surface area contributed by atoms with Crippen LogP contribution in [0.4, 0.5) is 10.5 Å². The number of benzene rings is 1. The third-order valence-corrected chi connectivity index (χ3v) is 2.79. The normalized spacial score (nSPS) is 11.2. The van der Waals surface area contributed by atoms with E-state index in [-0.39, 0.29) is 0 Å². The predicted molar refractivity (Wildman–Crippen MR) is 77.6 cm³/mol. The molecule has 5 nitrogen and oxygen atoms in total. The monoisotopic (exact) mass is 274 g/mol. The summed E-state index contributed by atoms with van der Waals surface area (Å²) in [7, 11) is 0. The number of aliphatic carboxylic acids is 1. The Balaban J connectivity index is 2.94. The van der Waals surface area contributed by atoms with Crippen LogP contribution in [-0.2, 0) is 4.79 Å². The highest BCUT2D eigenvalue weighted by molar-refractivity contribution is 5.96. The summed E-state index contributed by atoms with van der Waals surface area (Å²) in [4.78, 5) is 24.2. The maximum atomic E-state index is 12.1. The molecule has 0 aliphatic heterocycles. The van der Waals surface area contributed by atoms with Crippen LogP contribution in [0, 0.1) is 19.3 Å². The lowest BCUT2D eigenvalue weighted by Gasteiger charge is -2.23. The van der Waals surface area contributed by atoms with Gasteiger partial charge in [-0.3, -0.25) is 9.69 Å². The molecule has 0 saturated carbocycles. The van der Waals surface area contributed by atoms with Gasteiger partial charge in [0.15, 0.2) is 0 Å². The van der Waals surface area contributed by atoms with E-state index in [1.165, 1.54) is 0 Å². The molecular formula is C15H18N2O3. The first kappa shape index (κ1) is 15.6. The van der Waals surface area contributed by atoms with Crippen LogP contribution < -0.4 is 10.2 Å². The van der Waals surface area contributed by atoms with E-state index in [9.17, 15) is 9.59 Å². The molecule has 0 heterocycles. The summed E-state index contributed by atoms with van der Waals surface area (Å²) in [5.74, 6) is 1.36. The van der Waals surface area contributed by atoms with E-state index in [1.807, 2.05) is 26.0 Å². The van der Waals surface area contributed by atoms with Gasteiger partial charge in [0.1, 0.15) is 6.54 Å². The van der Waals surface area contributed by atoms with Gasteiger partial charge in [-0.15, -0.1) is 6.42 Å². The molecule has 0 saturated heterocycles. The molecule has 20 heavy (non-hydrogen) atoms. The van der Waals surface area contributed by atoms with E-state index in [1.54, 1.807) is 12.1 Å². The zero-order chi connectivity index (χ0) is 15.1. The topological polar surface area (TPSA) is 69.6 Å². The fraction of sp³-hybridized carbons (Fsp3) is 0.333. The molecule has 1 aromatic carbocycles. The molecule has 0 bridgehead atoms. The number of carbonyl (C=O) groups is 2. The fourth-order valence-corrected chi connectivity index (χ4v) is 1.63. The molecule has 0 aliphatic rings. The molecule has 0 aliphatic carbocycles. The first-order valence-electron chi connectivity index (χ1n) is 6.30. The lowest BCUT2D eigenvalue weighted by molar-refractivity contribution is -0.135. The molecule has 2 N–H and O–H groups in total. The number of rotatable bonds is 5. The van der Waals surface area contributed by atoms with Crippen LogP contribution in [0.2, 0.25) is 0 Å². The first-order valence-corrected chi connectivity index (χ1v) is 6.30. The maximum absolute atomic E-state index is 12.1. The number of nitrogens with one attached hydrogen (secondary N) is 1. The number of amides is 2. The minimum absolute atomic E-state index is 0.413. The first-order chi connectivity index (χ1) is 9.47. The number of carboxylic acid groups (broad SMARTS) is 1. The van der Waals surface area contributed by atoms with E-state index in [4.69, 9.17) is 11.5 Å². The van der Waals surface area contributed by atoms with E-state index in [0.29, 0.717) is 12.1 Å². The number of aryl methyl sites for hydroxylation is 1. The Labute approximate surface area is 118 Å². The van der Waals surface area contributed by atoms with Crippen LogP contribution >= 0.6 is 0 Å². The molecule has 0 aromatic heterocycles. The summed E-state index contributed by atoms with van der Waals surface area (Å²) in [6.45, 7) is 3.34. The summed E-state index contributed by atoms with van der Waals surface area (Å²) < 4.78 is 0. The molecule has 1 rings (SSSR count). The van der Waals surface area contributed by atoms with E-state index >= 15 is 0 Å². The highest BCUT2D eigenvalue weighted by atomic mass is 16.4. The van der Waals surface area contributed by atoms with Gasteiger partial charge in [0, 0.05) is 5.69 Å². The van der Waals surface area contributed by atoms with Crippen molar-refractivity contribution >= 4 is 17.7 Å². The Kier molecular flexibility index (Phi) is 5.60. The predicted octanol–water partition coefficient (Wildman–Crippen LogP) is 2.01. The molecule has 2 amide bonds. The smallest absolute Gasteiger partial charge is 0.323 e. The Morgan fingerprint density at radius 1 is 1.40 bits per heavy atom. The van der Waals surface area contributed by atoms with Crippen molar-refractivity contribution in [2.45, 2.75) is 26.3 Å². The van der Waals surface area contributed by atoms with E-state index in [0.717, 1.165) is 10.5 Å². The van der Waals surface area contributed by atoms with E-state index in [2.05, 4.69) is 11.2 Å². The Morgan fingerprint density at radius 2 is 2.00 bits per heavy atom. The largest absolute Gasteiger partial charge is 0.480 e. The third kappa shape index (κ3) is 4.32. The number of carboxylic acids is 1. The second-order valence-electron chi connectivity index (χ2n) is 4.39. The summed E-state index contributed by atoms with van der Waals surface area (Å²) >= 11 is 0. The molecule has 0 spiro atoms. The lowest BCUT2D eigenvalue weighted by atomic mass is 10.2. The second kappa shape index (κ2) is 7.19. The molecular weight excluding hydrogens is 256 g/mol.